The highest BCUT2D eigenvalue weighted by molar-refractivity contribution is 7.71. The Morgan fingerprint density at radius 1 is 1.14 bits per heavy atom. The normalized spacial score (nSPS) is 11.0. The summed E-state index contributed by atoms with van der Waals surface area (Å²) in [5.74, 6) is -3.88. The van der Waals surface area contributed by atoms with E-state index in [0.29, 0.717) is 5.52 Å². The van der Waals surface area contributed by atoms with E-state index in [0.717, 1.165) is 12.1 Å². The van der Waals surface area contributed by atoms with E-state index in [4.69, 9.17) is 17.0 Å². The molecular weight excluding hydrogens is 303 g/mol. The van der Waals surface area contributed by atoms with E-state index >= 15 is 0 Å². The Labute approximate surface area is 121 Å². The van der Waals surface area contributed by atoms with E-state index in [2.05, 4.69) is 9.97 Å². The highest BCUT2D eigenvalue weighted by atomic mass is 32.1. The maximum atomic E-state index is 14.0. The fraction of sp³-hybridized carbons (Fsp3) is 0.0769. The van der Waals surface area contributed by atoms with Crippen LogP contribution in [0.2, 0.25) is 0 Å². The Morgan fingerprint density at radius 2 is 1.90 bits per heavy atom. The third-order valence-corrected chi connectivity index (χ3v) is 3.26. The predicted octanol–water partition coefficient (Wildman–Crippen LogP) is 3.51. The number of nitrogens with zero attached hydrogens (tertiary/aromatic N) is 2. The summed E-state index contributed by atoms with van der Waals surface area (Å²) in [6.45, 7) is 0. The summed E-state index contributed by atoms with van der Waals surface area (Å²) in [4.78, 5) is 6.96. The van der Waals surface area contributed by atoms with Gasteiger partial charge in [0, 0.05) is 6.07 Å². The van der Waals surface area contributed by atoms with Crippen molar-refractivity contribution in [1.82, 2.24) is 14.5 Å². The molecule has 1 aromatic carbocycles. The van der Waals surface area contributed by atoms with Gasteiger partial charge in [0.05, 0.1) is 18.3 Å². The molecule has 0 aliphatic carbocycles. The van der Waals surface area contributed by atoms with Crippen molar-refractivity contribution in [2.75, 3.05) is 7.11 Å². The molecule has 21 heavy (non-hydrogen) atoms. The molecule has 0 unspecified atom stereocenters. The van der Waals surface area contributed by atoms with E-state index in [1.165, 1.54) is 11.7 Å². The van der Waals surface area contributed by atoms with Crippen molar-refractivity contribution >= 4 is 23.4 Å². The number of halogens is 3. The second-order valence-corrected chi connectivity index (χ2v) is 4.57. The molecule has 0 saturated carbocycles. The third-order valence-electron chi connectivity index (χ3n) is 2.97. The summed E-state index contributed by atoms with van der Waals surface area (Å²) in [6.07, 6.45) is 0. The molecule has 8 heteroatoms. The summed E-state index contributed by atoms with van der Waals surface area (Å²) >= 11 is 5.09. The molecule has 3 rings (SSSR count). The number of nitrogens with one attached hydrogen (secondary N) is 1. The fourth-order valence-corrected chi connectivity index (χ4v) is 2.29. The summed E-state index contributed by atoms with van der Waals surface area (Å²) in [7, 11) is 1.43. The lowest BCUT2D eigenvalue weighted by atomic mass is 10.2. The van der Waals surface area contributed by atoms with Crippen LogP contribution in [0.25, 0.3) is 16.9 Å². The Balaban J connectivity index is 2.37. The number of hydrogen-bond donors (Lipinski definition) is 1. The van der Waals surface area contributed by atoms with Crippen LogP contribution in [0, 0.1) is 22.2 Å². The Morgan fingerprint density at radius 3 is 2.62 bits per heavy atom. The molecule has 108 valence electrons. The van der Waals surface area contributed by atoms with Gasteiger partial charge in [0.1, 0.15) is 0 Å². The fourth-order valence-electron chi connectivity index (χ4n) is 1.99. The van der Waals surface area contributed by atoms with Crippen LogP contribution < -0.4 is 4.74 Å². The molecule has 0 amide bonds. The van der Waals surface area contributed by atoms with Gasteiger partial charge in [-0.05, 0) is 30.4 Å². The first-order chi connectivity index (χ1) is 10.0. The van der Waals surface area contributed by atoms with Gasteiger partial charge in [-0.1, -0.05) is 0 Å². The molecule has 0 aliphatic heterocycles. The average Bonchev–Trinajstić information content (AvgIpc) is 2.80. The number of pyridine rings is 1. The van der Waals surface area contributed by atoms with Crippen molar-refractivity contribution in [3.8, 4) is 11.6 Å². The molecule has 0 saturated heterocycles. The Kier molecular flexibility index (Phi) is 3.17. The summed E-state index contributed by atoms with van der Waals surface area (Å²) in [6, 6.07) is 5.16. The molecule has 1 N–H and O–H groups in total. The molecule has 0 radical (unpaired) electrons. The standard InChI is InChI=1S/C13H8F3N3OS/c1-20-9-5-3-7-12(18-9)19(13(21)17-7)8-4-2-6(14)10(15)11(8)16/h2-5H,1H3,(H,17,21). The highest BCUT2D eigenvalue weighted by Crippen LogP contribution is 2.24. The van der Waals surface area contributed by atoms with Gasteiger partial charge in [0.2, 0.25) is 5.88 Å². The second-order valence-electron chi connectivity index (χ2n) is 4.18. The minimum absolute atomic E-state index is 0.107. The van der Waals surface area contributed by atoms with Gasteiger partial charge in [-0.25, -0.2) is 13.2 Å². The molecule has 2 aromatic heterocycles. The monoisotopic (exact) mass is 311 g/mol. The Bertz CT molecular complexity index is 904. The predicted molar refractivity (Wildman–Crippen MR) is 72.7 cm³/mol. The average molecular weight is 311 g/mol. The first-order valence-electron chi connectivity index (χ1n) is 5.82. The maximum absolute atomic E-state index is 14.0. The van der Waals surface area contributed by atoms with Crippen LogP contribution >= 0.6 is 12.2 Å². The van der Waals surface area contributed by atoms with Crippen molar-refractivity contribution in [3.05, 3.63) is 46.5 Å². The summed E-state index contributed by atoms with van der Waals surface area (Å²) < 4.78 is 46.7. The highest BCUT2D eigenvalue weighted by Gasteiger charge is 2.18. The van der Waals surface area contributed by atoms with Crippen LogP contribution in [0.4, 0.5) is 13.2 Å². The number of methoxy groups -OCH3 is 1. The minimum Gasteiger partial charge on any atom is -0.481 e. The van der Waals surface area contributed by atoms with Crippen molar-refractivity contribution in [2.24, 2.45) is 0 Å². The molecule has 0 fully saturated rings. The molecule has 0 atom stereocenters. The van der Waals surface area contributed by atoms with Gasteiger partial charge in [0.25, 0.3) is 0 Å². The van der Waals surface area contributed by atoms with Gasteiger partial charge in [-0.3, -0.25) is 4.57 Å². The van der Waals surface area contributed by atoms with E-state index < -0.39 is 17.5 Å². The van der Waals surface area contributed by atoms with E-state index in [9.17, 15) is 13.2 Å². The number of benzene rings is 1. The minimum atomic E-state index is -1.56. The molecule has 0 bridgehead atoms. The van der Waals surface area contributed by atoms with Gasteiger partial charge in [0.15, 0.2) is 27.9 Å². The Hall–Kier alpha value is -2.35. The topological polar surface area (TPSA) is 42.8 Å². The van der Waals surface area contributed by atoms with E-state index in [-0.39, 0.29) is 22.0 Å². The van der Waals surface area contributed by atoms with Crippen LogP contribution in [0.15, 0.2) is 24.3 Å². The summed E-state index contributed by atoms with van der Waals surface area (Å²) in [5.41, 5.74) is 0.542. The number of imidazole rings is 1. The van der Waals surface area contributed by atoms with Crippen molar-refractivity contribution in [2.45, 2.75) is 0 Å². The van der Waals surface area contributed by atoms with Gasteiger partial charge in [-0.15, -0.1) is 0 Å². The number of rotatable bonds is 2. The lowest BCUT2D eigenvalue weighted by Gasteiger charge is -2.07. The lowest BCUT2D eigenvalue weighted by Crippen LogP contribution is -2.03. The molecule has 0 aliphatic rings. The largest absolute Gasteiger partial charge is 0.481 e. The lowest BCUT2D eigenvalue weighted by molar-refractivity contribution is 0.399. The van der Waals surface area contributed by atoms with Gasteiger partial charge < -0.3 is 9.72 Å². The maximum Gasteiger partial charge on any atom is 0.215 e. The van der Waals surface area contributed by atoms with Crippen molar-refractivity contribution < 1.29 is 17.9 Å². The zero-order valence-electron chi connectivity index (χ0n) is 10.7. The van der Waals surface area contributed by atoms with Crippen LogP contribution in [-0.2, 0) is 0 Å². The zero-order valence-corrected chi connectivity index (χ0v) is 11.5. The van der Waals surface area contributed by atoms with Crippen LogP contribution in [0.3, 0.4) is 0 Å². The number of H-pyrrole nitrogens is 1. The number of hydrogen-bond acceptors (Lipinski definition) is 3. The first kappa shape index (κ1) is 13.6. The number of aromatic nitrogens is 3. The second kappa shape index (κ2) is 4.88. The van der Waals surface area contributed by atoms with Crippen LogP contribution in [0.5, 0.6) is 5.88 Å². The molecule has 2 heterocycles. The van der Waals surface area contributed by atoms with Gasteiger partial charge >= 0.3 is 0 Å². The van der Waals surface area contributed by atoms with E-state index in [1.54, 1.807) is 12.1 Å². The number of aromatic amines is 1. The molecule has 4 nitrogen and oxygen atoms in total. The van der Waals surface area contributed by atoms with Crippen molar-refractivity contribution in [1.29, 1.82) is 0 Å². The molecule has 0 spiro atoms. The third kappa shape index (κ3) is 2.07. The summed E-state index contributed by atoms with van der Waals surface area (Å²) in [5, 5.41) is 0. The van der Waals surface area contributed by atoms with Gasteiger partial charge in [-0.2, -0.15) is 4.98 Å². The number of ether oxygens (including phenoxy) is 1. The molecular formula is C13H8F3N3OS. The number of fused-ring (bicyclic) bond motifs is 1. The SMILES string of the molecule is COc1ccc2[nH]c(=S)n(-c3ccc(F)c(F)c3F)c2n1. The molecule has 3 aromatic rings. The van der Waals surface area contributed by atoms with Crippen LogP contribution in [-0.4, -0.2) is 21.6 Å². The smallest absolute Gasteiger partial charge is 0.215 e. The van der Waals surface area contributed by atoms with Crippen LogP contribution in [0.1, 0.15) is 0 Å². The zero-order chi connectivity index (χ0) is 15.1. The van der Waals surface area contributed by atoms with E-state index in [1.807, 2.05) is 0 Å². The quantitative estimate of drug-likeness (QED) is 0.582. The van der Waals surface area contributed by atoms with Crippen molar-refractivity contribution in [3.63, 3.8) is 0 Å². The first-order valence-corrected chi connectivity index (χ1v) is 6.23.